The molecule has 4 nitrogen and oxygen atoms in total. The zero-order valence-corrected chi connectivity index (χ0v) is 16.9. The monoisotopic (exact) mass is 385 g/mol. The largest absolute Gasteiger partial charge is 0.591 e. The third-order valence-electron chi connectivity index (χ3n) is 3.56. The summed E-state index contributed by atoms with van der Waals surface area (Å²) in [6.45, 7) is 6.98. The van der Waals surface area contributed by atoms with Crippen molar-refractivity contribution in [1.29, 1.82) is 0 Å². The summed E-state index contributed by atoms with van der Waals surface area (Å²) in [5.41, 5.74) is 2.17. The molecule has 0 aliphatic carbocycles. The Morgan fingerprint density at radius 3 is 2.07 bits per heavy atom. The third kappa shape index (κ3) is 8.43. The minimum atomic E-state index is -1.34. The van der Waals surface area contributed by atoms with Crippen LogP contribution in [0, 0.1) is 0 Å². The maximum absolute atomic E-state index is 12.2. The lowest BCUT2D eigenvalue weighted by Gasteiger charge is -2.18. The molecule has 5 heteroatoms. The van der Waals surface area contributed by atoms with Crippen LogP contribution in [0.15, 0.2) is 76.9 Å². The van der Waals surface area contributed by atoms with Crippen LogP contribution >= 0.6 is 0 Å². The lowest BCUT2D eigenvalue weighted by atomic mass is 10.2. The summed E-state index contributed by atoms with van der Waals surface area (Å²) in [5.74, 6) is 0.546. The molecule has 0 aliphatic heterocycles. The molecule has 1 atom stereocenters. The van der Waals surface area contributed by atoms with Gasteiger partial charge in [-0.1, -0.05) is 65.1 Å². The summed E-state index contributed by atoms with van der Waals surface area (Å²) in [5, 5.41) is 0. The Bertz CT molecular complexity index is 724. The second-order valence-corrected chi connectivity index (χ2v) is 8.91. The summed E-state index contributed by atoms with van der Waals surface area (Å²) < 4.78 is 27.4. The molecule has 2 aromatic rings. The van der Waals surface area contributed by atoms with Crippen molar-refractivity contribution in [2.24, 2.45) is 4.40 Å². The van der Waals surface area contributed by atoms with E-state index in [2.05, 4.69) is 4.40 Å². The molecular weight excluding hydrogens is 358 g/mol. The van der Waals surface area contributed by atoms with Crippen molar-refractivity contribution in [3.05, 3.63) is 83.6 Å². The van der Waals surface area contributed by atoms with Crippen LogP contribution in [0.1, 0.15) is 31.9 Å². The van der Waals surface area contributed by atoms with Gasteiger partial charge in [0.2, 0.25) is 0 Å². The van der Waals surface area contributed by atoms with E-state index in [9.17, 15) is 4.55 Å². The Balaban J connectivity index is 1.95. The van der Waals surface area contributed by atoms with Crippen LogP contribution < -0.4 is 0 Å². The summed E-state index contributed by atoms with van der Waals surface area (Å²) in [4.78, 5) is 0. The molecule has 1 unspecified atom stereocenters. The SMILES string of the molecule is CC(C)(C)[S+]([O-])N=C/C(=C/COCc1ccccc1)OCc1ccccc1. The minimum Gasteiger partial charge on any atom is -0.591 e. The molecule has 0 aromatic heterocycles. The van der Waals surface area contributed by atoms with Gasteiger partial charge in [-0.05, 0) is 38.0 Å². The van der Waals surface area contributed by atoms with Crippen LogP contribution in [0.2, 0.25) is 0 Å². The Morgan fingerprint density at radius 2 is 1.52 bits per heavy atom. The van der Waals surface area contributed by atoms with Crippen LogP contribution in [-0.2, 0) is 34.0 Å². The van der Waals surface area contributed by atoms with E-state index >= 15 is 0 Å². The highest BCUT2D eigenvalue weighted by atomic mass is 32.2. The van der Waals surface area contributed by atoms with Crippen molar-refractivity contribution >= 4 is 17.6 Å². The van der Waals surface area contributed by atoms with Gasteiger partial charge in [0.15, 0.2) is 0 Å². The zero-order chi connectivity index (χ0) is 19.5. The number of ether oxygens (including phenoxy) is 2. The van der Waals surface area contributed by atoms with Crippen molar-refractivity contribution < 1.29 is 14.0 Å². The normalized spacial score (nSPS) is 13.7. The van der Waals surface area contributed by atoms with E-state index in [1.165, 1.54) is 6.21 Å². The van der Waals surface area contributed by atoms with E-state index in [1.807, 2.05) is 87.5 Å². The fraction of sp³-hybridized carbons (Fsp3) is 0.318. The quantitative estimate of drug-likeness (QED) is 0.269. The van der Waals surface area contributed by atoms with Crippen molar-refractivity contribution in [3.63, 3.8) is 0 Å². The molecule has 0 spiro atoms. The van der Waals surface area contributed by atoms with Gasteiger partial charge >= 0.3 is 0 Å². The smallest absolute Gasteiger partial charge is 0.144 e. The number of hydrogen-bond donors (Lipinski definition) is 0. The zero-order valence-electron chi connectivity index (χ0n) is 16.1. The molecule has 0 radical (unpaired) electrons. The Labute approximate surface area is 165 Å². The molecule has 0 saturated carbocycles. The Kier molecular flexibility index (Phi) is 8.58. The first-order valence-electron chi connectivity index (χ1n) is 8.90. The predicted molar refractivity (Wildman–Crippen MR) is 112 cm³/mol. The summed E-state index contributed by atoms with van der Waals surface area (Å²) in [7, 11) is 0. The highest BCUT2D eigenvalue weighted by Gasteiger charge is 2.25. The van der Waals surface area contributed by atoms with Crippen molar-refractivity contribution in [2.45, 2.75) is 38.7 Å². The van der Waals surface area contributed by atoms with Crippen LogP contribution in [0.5, 0.6) is 0 Å². The van der Waals surface area contributed by atoms with Crippen LogP contribution in [-0.4, -0.2) is 22.1 Å². The molecule has 144 valence electrons. The maximum Gasteiger partial charge on any atom is 0.144 e. The lowest BCUT2D eigenvalue weighted by Crippen LogP contribution is -2.26. The Hall–Kier alpha value is -2.08. The standard InChI is InChI=1S/C22H27NO3S/c1-22(2,3)27(24)23-16-21(26-18-20-12-8-5-9-13-20)14-15-25-17-19-10-6-4-7-11-19/h4-14,16H,15,17-18H2,1-3H3/b21-14-,23-16?. The molecule has 2 rings (SSSR count). The van der Waals surface area contributed by atoms with Crippen molar-refractivity contribution in [1.82, 2.24) is 0 Å². The first-order chi connectivity index (χ1) is 12.9. The van der Waals surface area contributed by atoms with Gasteiger partial charge in [-0.25, -0.2) is 0 Å². The highest BCUT2D eigenvalue weighted by molar-refractivity contribution is 7.91. The van der Waals surface area contributed by atoms with Gasteiger partial charge in [0.25, 0.3) is 0 Å². The fourth-order valence-electron chi connectivity index (χ4n) is 2.04. The van der Waals surface area contributed by atoms with Crippen molar-refractivity contribution in [2.75, 3.05) is 6.61 Å². The lowest BCUT2D eigenvalue weighted by molar-refractivity contribution is 0.143. The molecule has 0 heterocycles. The topological polar surface area (TPSA) is 53.9 Å². The van der Waals surface area contributed by atoms with E-state index in [1.54, 1.807) is 0 Å². The van der Waals surface area contributed by atoms with Gasteiger partial charge < -0.3 is 14.0 Å². The second-order valence-electron chi connectivity index (χ2n) is 6.98. The van der Waals surface area contributed by atoms with Crippen LogP contribution in [0.3, 0.4) is 0 Å². The molecular formula is C22H27NO3S. The maximum atomic E-state index is 12.2. The van der Waals surface area contributed by atoms with Gasteiger partial charge in [-0.15, -0.1) is 0 Å². The molecule has 0 N–H and O–H groups in total. The van der Waals surface area contributed by atoms with Gasteiger partial charge in [-0.2, -0.15) is 0 Å². The fourth-order valence-corrected chi connectivity index (χ4v) is 2.56. The molecule has 27 heavy (non-hydrogen) atoms. The van der Waals surface area contributed by atoms with Gasteiger partial charge in [0, 0.05) is 0 Å². The van der Waals surface area contributed by atoms with E-state index in [4.69, 9.17) is 9.47 Å². The van der Waals surface area contributed by atoms with Gasteiger partial charge in [-0.3, -0.25) is 0 Å². The van der Waals surface area contributed by atoms with Gasteiger partial charge in [0.05, 0.1) is 13.2 Å². The average Bonchev–Trinajstić information content (AvgIpc) is 2.67. The highest BCUT2D eigenvalue weighted by Crippen LogP contribution is 2.17. The van der Waals surface area contributed by atoms with Crippen LogP contribution in [0.4, 0.5) is 0 Å². The number of benzene rings is 2. The number of hydrogen-bond acceptors (Lipinski definition) is 4. The molecule has 0 saturated heterocycles. The third-order valence-corrected chi connectivity index (χ3v) is 4.91. The van der Waals surface area contributed by atoms with E-state index in [-0.39, 0.29) is 0 Å². The van der Waals surface area contributed by atoms with Gasteiger partial charge in [0.1, 0.15) is 34.7 Å². The van der Waals surface area contributed by atoms with E-state index < -0.39 is 16.1 Å². The first-order valence-corrected chi connectivity index (χ1v) is 10.0. The number of allylic oxidation sites excluding steroid dienone is 1. The molecule has 0 amide bonds. The molecule has 0 fully saturated rings. The van der Waals surface area contributed by atoms with E-state index in [0.29, 0.717) is 25.6 Å². The van der Waals surface area contributed by atoms with Crippen LogP contribution in [0.25, 0.3) is 0 Å². The number of nitrogens with zero attached hydrogens (tertiary/aromatic N) is 1. The Morgan fingerprint density at radius 1 is 0.963 bits per heavy atom. The molecule has 0 aliphatic rings. The summed E-state index contributed by atoms with van der Waals surface area (Å²) in [6.07, 6.45) is 3.34. The minimum absolute atomic E-state index is 0.382. The summed E-state index contributed by atoms with van der Waals surface area (Å²) in [6, 6.07) is 19.9. The number of rotatable bonds is 9. The predicted octanol–water partition coefficient (Wildman–Crippen LogP) is 4.84. The first kappa shape index (κ1) is 21.2. The van der Waals surface area contributed by atoms with Crippen molar-refractivity contribution in [3.8, 4) is 0 Å². The molecule has 0 bridgehead atoms. The second kappa shape index (κ2) is 10.9. The average molecular weight is 386 g/mol. The summed E-state index contributed by atoms with van der Waals surface area (Å²) >= 11 is -1.34. The van der Waals surface area contributed by atoms with E-state index in [0.717, 1.165) is 11.1 Å². The molecule has 2 aromatic carbocycles.